The Kier molecular flexibility index (Phi) is 5.83. The summed E-state index contributed by atoms with van der Waals surface area (Å²) in [4.78, 5) is 14.0. The Bertz CT molecular complexity index is 468. The Morgan fingerprint density at radius 1 is 1.32 bits per heavy atom. The third-order valence-corrected chi connectivity index (χ3v) is 3.76. The van der Waals surface area contributed by atoms with Crippen LogP contribution in [0.2, 0.25) is 0 Å². The second-order valence-electron chi connectivity index (χ2n) is 6.96. The third kappa shape index (κ3) is 5.68. The van der Waals surface area contributed by atoms with Crippen molar-refractivity contribution in [3.8, 4) is 0 Å². The van der Waals surface area contributed by atoms with E-state index >= 15 is 0 Å². The lowest BCUT2D eigenvalue weighted by molar-refractivity contribution is 0.0188. The van der Waals surface area contributed by atoms with Gasteiger partial charge in [-0.1, -0.05) is 30.3 Å². The summed E-state index contributed by atoms with van der Waals surface area (Å²) in [6, 6.07) is 10.8. The van der Waals surface area contributed by atoms with Crippen molar-refractivity contribution in [3.05, 3.63) is 35.9 Å². The van der Waals surface area contributed by atoms with Crippen molar-refractivity contribution in [2.45, 2.75) is 51.7 Å². The fraction of sp³-hybridized carbons (Fsp3) is 0.611. The molecule has 0 aromatic heterocycles. The van der Waals surface area contributed by atoms with Gasteiger partial charge in [-0.3, -0.25) is 0 Å². The van der Waals surface area contributed by atoms with Crippen molar-refractivity contribution in [3.63, 3.8) is 0 Å². The van der Waals surface area contributed by atoms with E-state index in [1.165, 1.54) is 5.56 Å². The largest absolute Gasteiger partial charge is 0.444 e. The molecule has 1 atom stereocenters. The zero-order chi connectivity index (χ0) is 16.0. The fourth-order valence-electron chi connectivity index (χ4n) is 2.70. The van der Waals surface area contributed by atoms with E-state index in [4.69, 9.17) is 4.74 Å². The van der Waals surface area contributed by atoms with Gasteiger partial charge in [-0.05, 0) is 52.1 Å². The molecule has 0 bridgehead atoms. The molecule has 1 heterocycles. The molecule has 1 N–H and O–H groups in total. The molecule has 0 saturated carbocycles. The number of rotatable bonds is 4. The molecular weight excluding hydrogens is 276 g/mol. The Morgan fingerprint density at radius 3 is 2.73 bits per heavy atom. The zero-order valence-electron chi connectivity index (χ0n) is 14.0. The first-order valence-corrected chi connectivity index (χ1v) is 8.19. The number of piperidine rings is 1. The number of amides is 1. The lowest BCUT2D eigenvalue weighted by atomic mass is 10.1. The SMILES string of the molecule is CC(C)(C)OC(=O)N1CCC[C@@H](NCCc2ccccc2)C1. The van der Waals surface area contributed by atoms with Crippen molar-refractivity contribution in [1.29, 1.82) is 0 Å². The number of carbonyl (C=O) groups excluding carboxylic acids is 1. The molecule has 1 amide bonds. The van der Waals surface area contributed by atoms with Crippen LogP contribution in [0.15, 0.2) is 30.3 Å². The molecule has 4 nitrogen and oxygen atoms in total. The van der Waals surface area contributed by atoms with Crippen LogP contribution < -0.4 is 5.32 Å². The van der Waals surface area contributed by atoms with Gasteiger partial charge in [-0.15, -0.1) is 0 Å². The summed E-state index contributed by atoms with van der Waals surface area (Å²) in [5.74, 6) is 0. The Labute approximate surface area is 133 Å². The first-order chi connectivity index (χ1) is 10.4. The van der Waals surface area contributed by atoms with Crippen molar-refractivity contribution in [1.82, 2.24) is 10.2 Å². The highest BCUT2D eigenvalue weighted by molar-refractivity contribution is 5.68. The normalized spacial score (nSPS) is 19.0. The average molecular weight is 304 g/mol. The second kappa shape index (κ2) is 7.63. The highest BCUT2D eigenvalue weighted by atomic mass is 16.6. The summed E-state index contributed by atoms with van der Waals surface area (Å²) < 4.78 is 5.46. The number of hydrogen-bond donors (Lipinski definition) is 1. The Balaban J connectivity index is 1.75. The topological polar surface area (TPSA) is 41.6 Å². The molecular formula is C18H28N2O2. The predicted octanol–water partition coefficient (Wildman–Crippen LogP) is 3.22. The van der Waals surface area contributed by atoms with Crippen LogP contribution in [0.25, 0.3) is 0 Å². The summed E-state index contributed by atoms with van der Waals surface area (Å²) >= 11 is 0. The number of carbonyl (C=O) groups is 1. The van der Waals surface area contributed by atoms with E-state index in [2.05, 4.69) is 29.6 Å². The minimum absolute atomic E-state index is 0.193. The summed E-state index contributed by atoms with van der Waals surface area (Å²) in [5.41, 5.74) is 0.917. The number of nitrogens with one attached hydrogen (secondary N) is 1. The van der Waals surface area contributed by atoms with Gasteiger partial charge in [0.15, 0.2) is 0 Å². The number of hydrogen-bond acceptors (Lipinski definition) is 3. The van der Waals surface area contributed by atoms with Gasteiger partial charge in [0.2, 0.25) is 0 Å². The molecule has 2 rings (SSSR count). The summed E-state index contributed by atoms with van der Waals surface area (Å²) in [5, 5.41) is 3.57. The number of likely N-dealkylation sites (tertiary alicyclic amines) is 1. The number of nitrogens with zero attached hydrogens (tertiary/aromatic N) is 1. The standard InChI is InChI=1S/C18H28N2O2/c1-18(2,3)22-17(21)20-13-7-10-16(14-20)19-12-11-15-8-5-4-6-9-15/h4-6,8-9,16,19H,7,10-14H2,1-3H3/t16-/m1/s1. The molecule has 1 aliphatic heterocycles. The summed E-state index contributed by atoms with van der Waals surface area (Å²) in [6.07, 6.45) is 2.97. The van der Waals surface area contributed by atoms with Crippen molar-refractivity contribution >= 4 is 6.09 Å². The smallest absolute Gasteiger partial charge is 0.410 e. The monoisotopic (exact) mass is 304 g/mol. The maximum atomic E-state index is 12.1. The van der Waals surface area contributed by atoms with Crippen LogP contribution in [-0.2, 0) is 11.2 Å². The predicted molar refractivity (Wildman–Crippen MR) is 89.0 cm³/mol. The van der Waals surface area contributed by atoms with Crippen molar-refractivity contribution in [2.24, 2.45) is 0 Å². The molecule has 4 heteroatoms. The van der Waals surface area contributed by atoms with Crippen LogP contribution in [0.5, 0.6) is 0 Å². The molecule has 1 saturated heterocycles. The summed E-state index contributed by atoms with van der Waals surface area (Å²) in [7, 11) is 0. The number of benzene rings is 1. The zero-order valence-corrected chi connectivity index (χ0v) is 14.0. The quantitative estimate of drug-likeness (QED) is 0.928. The van der Waals surface area contributed by atoms with Crippen LogP contribution in [0, 0.1) is 0 Å². The molecule has 0 spiro atoms. The van der Waals surface area contributed by atoms with Crippen LogP contribution in [0.3, 0.4) is 0 Å². The lowest BCUT2D eigenvalue weighted by Crippen LogP contribution is -2.49. The Hall–Kier alpha value is -1.55. The second-order valence-corrected chi connectivity index (χ2v) is 6.96. The van der Waals surface area contributed by atoms with E-state index in [0.717, 1.165) is 38.9 Å². The molecule has 122 valence electrons. The van der Waals surface area contributed by atoms with Crippen LogP contribution in [0.4, 0.5) is 4.79 Å². The van der Waals surface area contributed by atoms with E-state index < -0.39 is 5.60 Å². The fourth-order valence-corrected chi connectivity index (χ4v) is 2.70. The molecule has 1 aromatic carbocycles. The first kappa shape index (κ1) is 16.8. The average Bonchev–Trinajstić information content (AvgIpc) is 2.47. The highest BCUT2D eigenvalue weighted by Crippen LogP contribution is 2.15. The molecule has 0 unspecified atom stereocenters. The van der Waals surface area contributed by atoms with Gasteiger partial charge in [-0.25, -0.2) is 4.79 Å². The summed E-state index contributed by atoms with van der Waals surface area (Å²) in [6.45, 7) is 8.20. The van der Waals surface area contributed by atoms with Crippen LogP contribution in [-0.4, -0.2) is 42.3 Å². The van der Waals surface area contributed by atoms with E-state index in [1.54, 1.807) is 0 Å². The van der Waals surface area contributed by atoms with Gasteiger partial charge in [0, 0.05) is 19.1 Å². The third-order valence-electron chi connectivity index (χ3n) is 3.76. The van der Waals surface area contributed by atoms with Gasteiger partial charge in [-0.2, -0.15) is 0 Å². The highest BCUT2D eigenvalue weighted by Gasteiger charge is 2.27. The van der Waals surface area contributed by atoms with Crippen molar-refractivity contribution < 1.29 is 9.53 Å². The maximum absolute atomic E-state index is 12.1. The van der Waals surface area contributed by atoms with E-state index in [9.17, 15) is 4.79 Å². The molecule has 1 aromatic rings. The first-order valence-electron chi connectivity index (χ1n) is 8.19. The van der Waals surface area contributed by atoms with E-state index in [0.29, 0.717) is 6.04 Å². The van der Waals surface area contributed by atoms with Gasteiger partial charge in [0.25, 0.3) is 0 Å². The van der Waals surface area contributed by atoms with Gasteiger partial charge >= 0.3 is 6.09 Å². The molecule has 0 aliphatic carbocycles. The van der Waals surface area contributed by atoms with Crippen LogP contribution >= 0.6 is 0 Å². The lowest BCUT2D eigenvalue weighted by Gasteiger charge is -2.34. The van der Waals surface area contributed by atoms with Gasteiger partial charge < -0.3 is 15.0 Å². The maximum Gasteiger partial charge on any atom is 0.410 e. The minimum Gasteiger partial charge on any atom is -0.444 e. The van der Waals surface area contributed by atoms with E-state index in [1.807, 2.05) is 31.7 Å². The van der Waals surface area contributed by atoms with E-state index in [-0.39, 0.29) is 6.09 Å². The van der Waals surface area contributed by atoms with Gasteiger partial charge in [0.05, 0.1) is 0 Å². The number of ether oxygens (including phenoxy) is 1. The Morgan fingerprint density at radius 2 is 2.05 bits per heavy atom. The van der Waals surface area contributed by atoms with Crippen molar-refractivity contribution in [2.75, 3.05) is 19.6 Å². The van der Waals surface area contributed by atoms with Gasteiger partial charge in [0.1, 0.15) is 5.60 Å². The molecule has 0 radical (unpaired) electrons. The minimum atomic E-state index is -0.426. The molecule has 1 fully saturated rings. The van der Waals surface area contributed by atoms with Crippen LogP contribution in [0.1, 0.15) is 39.2 Å². The molecule has 1 aliphatic rings. The molecule has 22 heavy (non-hydrogen) atoms.